The Balaban J connectivity index is -0.000000187. The van der Waals surface area contributed by atoms with Crippen LogP contribution in [0.1, 0.15) is 0 Å². The van der Waals surface area contributed by atoms with Crippen LogP contribution in [-0.4, -0.2) is 0 Å². The van der Waals surface area contributed by atoms with Gasteiger partial charge in [-0.1, -0.05) is 36.4 Å². The van der Waals surface area contributed by atoms with Crippen LogP contribution in [0.5, 0.6) is 0 Å². The zero-order chi connectivity index (χ0) is 8.67. The third-order valence-electron chi connectivity index (χ3n) is 2.28. The number of fused-ring (bicyclic) bond motifs is 3. The van der Waals surface area contributed by atoms with E-state index in [4.69, 9.17) is 4.42 Å². The van der Waals surface area contributed by atoms with Gasteiger partial charge in [-0.25, -0.2) is 0 Å². The molecule has 0 aliphatic rings. The number of halogens is 6. The lowest BCUT2D eigenvalue weighted by atomic mass is 10.2. The van der Waals surface area contributed by atoms with E-state index >= 15 is 0 Å². The Bertz CT molecular complexity index is 536. The summed E-state index contributed by atoms with van der Waals surface area (Å²) in [7, 11) is 0. The molecule has 0 spiro atoms. The van der Waals surface area contributed by atoms with Crippen LogP contribution in [-0.2, 0) is 0 Å². The van der Waals surface area contributed by atoms with Crippen LogP contribution in [0.4, 0.5) is 0 Å². The third-order valence-corrected chi connectivity index (χ3v) is 2.28. The van der Waals surface area contributed by atoms with Crippen LogP contribution in [0.2, 0.25) is 0 Å². The van der Waals surface area contributed by atoms with Gasteiger partial charge < -0.3 is 92.6 Å². The Labute approximate surface area is 162 Å². The van der Waals surface area contributed by atoms with E-state index in [0.717, 1.165) is 11.2 Å². The molecular weight excluding hydrogens is 506 g/mol. The van der Waals surface area contributed by atoms with Crippen molar-refractivity contribution in [3.8, 4) is 0 Å². The van der Waals surface area contributed by atoms with Gasteiger partial charge in [0.2, 0.25) is 0 Å². The number of rotatable bonds is 0. The maximum atomic E-state index is 5.65. The molecule has 110 valence electrons. The molecule has 19 heavy (non-hydrogen) atoms. The second-order valence-electron chi connectivity index (χ2n) is 3.09. The van der Waals surface area contributed by atoms with Crippen LogP contribution in [0.15, 0.2) is 52.9 Å². The zero-order valence-electron chi connectivity index (χ0n) is 9.29. The lowest BCUT2D eigenvalue weighted by Crippen LogP contribution is -3.00. The Morgan fingerprint density at radius 3 is 1.21 bits per heavy atom. The minimum absolute atomic E-state index is 0. The summed E-state index contributed by atoms with van der Waals surface area (Å²) in [6.07, 6.45) is 0. The highest BCUT2D eigenvalue weighted by Crippen LogP contribution is 2.27. The summed E-state index contributed by atoms with van der Waals surface area (Å²) in [5.74, 6) is 0. The summed E-state index contributed by atoms with van der Waals surface area (Å²) in [6, 6.07) is 16.2. The van der Waals surface area contributed by atoms with E-state index in [0.29, 0.717) is 0 Å². The normalized spacial score (nSPS) is 7.58. The highest BCUT2D eigenvalue weighted by molar-refractivity contribution is 6.04. The second kappa shape index (κ2) is 12.3. The number of furan rings is 1. The van der Waals surface area contributed by atoms with Gasteiger partial charge in [-0.15, -0.1) is 0 Å². The van der Waals surface area contributed by atoms with Crippen LogP contribution in [0.3, 0.4) is 0 Å². The van der Waals surface area contributed by atoms with Crippen molar-refractivity contribution in [3.05, 3.63) is 48.5 Å². The van der Waals surface area contributed by atoms with E-state index in [1.54, 1.807) is 0 Å². The van der Waals surface area contributed by atoms with Gasteiger partial charge in [-0.2, -0.15) is 0 Å². The Morgan fingerprint density at radius 1 is 0.526 bits per heavy atom. The van der Waals surface area contributed by atoms with Crippen molar-refractivity contribution in [3.63, 3.8) is 0 Å². The highest BCUT2D eigenvalue weighted by Gasteiger charge is 2.03. The smallest absolute Gasteiger partial charge is 0.135 e. The van der Waals surface area contributed by atoms with Crippen LogP contribution in [0.25, 0.3) is 21.9 Å². The predicted molar refractivity (Wildman–Crippen MR) is 53.7 cm³/mol. The van der Waals surface area contributed by atoms with Crippen molar-refractivity contribution in [1.29, 1.82) is 0 Å². The molecule has 0 amide bonds. The average Bonchev–Trinajstić information content (AvgIpc) is 2.56. The van der Waals surface area contributed by atoms with Crippen molar-refractivity contribution in [2.75, 3.05) is 0 Å². The molecule has 0 bridgehead atoms. The van der Waals surface area contributed by atoms with Crippen molar-refractivity contribution >= 4 is 21.9 Å². The van der Waals surface area contributed by atoms with Crippen molar-refractivity contribution < 1.29 is 92.6 Å². The monoisotopic (exact) mass is 510 g/mol. The number of benzene rings is 2. The van der Waals surface area contributed by atoms with Crippen LogP contribution >= 0.6 is 0 Å². The first kappa shape index (κ1) is 27.8. The lowest BCUT2D eigenvalue weighted by molar-refractivity contribution is -0.00100. The predicted octanol–water partition coefficient (Wildman–Crippen LogP) is -14.4. The Hall–Kier alpha value is 0.550. The number of para-hydroxylation sites is 2. The van der Waals surface area contributed by atoms with Gasteiger partial charge in [0.25, 0.3) is 0 Å². The zero-order valence-corrected chi connectivity index (χ0v) is 16.3. The number of hydrogen-bond donors (Lipinski definition) is 0. The molecule has 2 aromatic carbocycles. The standard InChI is InChI=1S/C12H8O.3BrH.3ClH/c1-3-7-11-9(5-1)10-6-2-4-8-12(10)13-11;;;;;;/h1-8H;6*1H/p-6. The molecule has 0 aliphatic heterocycles. The summed E-state index contributed by atoms with van der Waals surface area (Å²) in [5.41, 5.74) is 1.92. The van der Waals surface area contributed by atoms with Gasteiger partial charge in [-0.05, 0) is 12.1 Å². The molecule has 0 fully saturated rings. The topological polar surface area (TPSA) is 13.1 Å². The van der Waals surface area contributed by atoms with Gasteiger partial charge in [0.1, 0.15) is 11.2 Å². The van der Waals surface area contributed by atoms with Crippen LogP contribution < -0.4 is 88.2 Å². The maximum Gasteiger partial charge on any atom is 0.135 e. The molecule has 0 unspecified atom stereocenters. The van der Waals surface area contributed by atoms with Crippen molar-refractivity contribution in [2.45, 2.75) is 0 Å². The molecule has 7 heteroatoms. The average molecular weight is 514 g/mol. The molecule has 0 aliphatic carbocycles. The highest BCUT2D eigenvalue weighted by atomic mass is 79.9. The first-order valence-electron chi connectivity index (χ1n) is 4.31. The van der Waals surface area contributed by atoms with Gasteiger partial charge in [0.05, 0.1) is 0 Å². The molecule has 0 atom stereocenters. The second-order valence-corrected chi connectivity index (χ2v) is 3.09. The summed E-state index contributed by atoms with van der Waals surface area (Å²) in [5, 5.41) is 2.39. The van der Waals surface area contributed by atoms with Gasteiger partial charge in [0, 0.05) is 10.8 Å². The minimum Gasteiger partial charge on any atom is -1.00 e. The molecule has 1 aromatic heterocycles. The van der Waals surface area contributed by atoms with Gasteiger partial charge in [-0.3, -0.25) is 0 Å². The van der Waals surface area contributed by atoms with E-state index in [2.05, 4.69) is 12.1 Å². The summed E-state index contributed by atoms with van der Waals surface area (Å²) in [4.78, 5) is 0. The van der Waals surface area contributed by atoms with E-state index in [9.17, 15) is 0 Å². The summed E-state index contributed by atoms with van der Waals surface area (Å²) in [6.45, 7) is 0. The van der Waals surface area contributed by atoms with E-state index in [-0.39, 0.29) is 88.2 Å². The summed E-state index contributed by atoms with van der Waals surface area (Å²) < 4.78 is 5.65. The molecule has 0 N–H and O–H groups in total. The quantitative estimate of drug-likeness (QED) is 0.291. The first-order valence-corrected chi connectivity index (χ1v) is 4.31. The van der Waals surface area contributed by atoms with E-state index in [1.165, 1.54) is 10.8 Å². The number of hydrogen-bond acceptors (Lipinski definition) is 1. The largest absolute Gasteiger partial charge is 1.00 e. The Kier molecular flexibility index (Phi) is 18.0. The molecule has 1 heterocycles. The fourth-order valence-electron chi connectivity index (χ4n) is 1.67. The van der Waals surface area contributed by atoms with Crippen molar-refractivity contribution in [1.82, 2.24) is 0 Å². The lowest BCUT2D eigenvalue weighted by Gasteiger charge is -1.85. The molecule has 0 radical (unpaired) electrons. The molecular formula is C12H8Br3Cl3O-6. The van der Waals surface area contributed by atoms with Crippen LogP contribution in [0, 0.1) is 0 Å². The van der Waals surface area contributed by atoms with E-state index < -0.39 is 0 Å². The maximum absolute atomic E-state index is 5.65. The molecule has 0 saturated heterocycles. The first-order chi connectivity index (χ1) is 6.45. The molecule has 3 rings (SSSR count). The van der Waals surface area contributed by atoms with Gasteiger partial charge >= 0.3 is 0 Å². The third kappa shape index (κ3) is 5.44. The minimum atomic E-state index is 0. The molecule has 3 aromatic rings. The van der Waals surface area contributed by atoms with Gasteiger partial charge in [0.15, 0.2) is 0 Å². The van der Waals surface area contributed by atoms with Crippen molar-refractivity contribution in [2.24, 2.45) is 0 Å². The SMILES string of the molecule is [Br-].[Br-].[Br-].[Cl-].[Cl-].[Cl-].c1ccc2c(c1)oc1ccccc12. The molecule has 1 nitrogen and oxygen atoms in total. The van der Waals surface area contributed by atoms with E-state index in [1.807, 2.05) is 36.4 Å². The Morgan fingerprint density at radius 2 is 0.842 bits per heavy atom. The fraction of sp³-hybridized carbons (Fsp3) is 0. The fourth-order valence-corrected chi connectivity index (χ4v) is 1.67. The molecule has 0 saturated carbocycles. The summed E-state index contributed by atoms with van der Waals surface area (Å²) >= 11 is 0.